The van der Waals surface area contributed by atoms with Gasteiger partial charge in [0.1, 0.15) is 0 Å². The SMILES string of the molecule is CCC(C)=Nc1cccc(S)c1C(C)=N. The van der Waals surface area contributed by atoms with Gasteiger partial charge in [0.25, 0.3) is 0 Å². The fourth-order valence-corrected chi connectivity index (χ4v) is 1.66. The second-order valence-electron chi connectivity index (χ2n) is 3.50. The highest BCUT2D eigenvalue weighted by molar-refractivity contribution is 7.80. The van der Waals surface area contributed by atoms with E-state index in [2.05, 4.69) is 24.5 Å². The topological polar surface area (TPSA) is 36.2 Å². The van der Waals surface area contributed by atoms with E-state index in [4.69, 9.17) is 5.41 Å². The monoisotopic (exact) mass is 220 g/mol. The van der Waals surface area contributed by atoms with Crippen LogP contribution in [0.15, 0.2) is 28.1 Å². The van der Waals surface area contributed by atoms with Crippen LogP contribution in [0.2, 0.25) is 0 Å². The third-order valence-electron chi connectivity index (χ3n) is 2.22. The van der Waals surface area contributed by atoms with Crippen molar-refractivity contribution in [2.24, 2.45) is 4.99 Å². The molecule has 80 valence electrons. The summed E-state index contributed by atoms with van der Waals surface area (Å²) < 4.78 is 0. The van der Waals surface area contributed by atoms with Gasteiger partial charge in [-0.05, 0) is 32.4 Å². The molecule has 0 unspecified atom stereocenters. The number of nitrogens with zero attached hydrogens (tertiary/aromatic N) is 1. The van der Waals surface area contributed by atoms with E-state index in [1.54, 1.807) is 6.92 Å². The lowest BCUT2D eigenvalue weighted by Crippen LogP contribution is -1.96. The van der Waals surface area contributed by atoms with Crippen molar-refractivity contribution in [3.8, 4) is 0 Å². The van der Waals surface area contributed by atoms with Crippen molar-refractivity contribution in [1.82, 2.24) is 0 Å². The Balaban J connectivity index is 3.29. The summed E-state index contributed by atoms with van der Waals surface area (Å²) in [6.45, 7) is 5.82. The standard InChI is InChI=1S/C12H16N2S/c1-4-8(2)14-10-6-5-7-11(15)12(10)9(3)13/h5-7,13,15H,4H2,1-3H3. The van der Waals surface area contributed by atoms with Gasteiger partial charge in [0, 0.05) is 21.9 Å². The summed E-state index contributed by atoms with van der Waals surface area (Å²) in [6.07, 6.45) is 0.924. The van der Waals surface area contributed by atoms with Crippen LogP contribution in [-0.2, 0) is 0 Å². The van der Waals surface area contributed by atoms with Crippen LogP contribution in [0.5, 0.6) is 0 Å². The highest BCUT2D eigenvalue weighted by atomic mass is 32.1. The van der Waals surface area contributed by atoms with Crippen LogP contribution in [0.3, 0.4) is 0 Å². The van der Waals surface area contributed by atoms with Crippen LogP contribution in [0.25, 0.3) is 0 Å². The number of hydrogen-bond acceptors (Lipinski definition) is 3. The summed E-state index contributed by atoms with van der Waals surface area (Å²) in [6, 6.07) is 5.72. The van der Waals surface area contributed by atoms with Gasteiger partial charge in [0.15, 0.2) is 0 Å². The first kappa shape index (κ1) is 12.0. The molecule has 15 heavy (non-hydrogen) atoms. The van der Waals surface area contributed by atoms with E-state index in [1.807, 2.05) is 25.1 Å². The molecule has 0 amide bonds. The van der Waals surface area contributed by atoms with Crippen molar-refractivity contribution in [2.75, 3.05) is 0 Å². The minimum absolute atomic E-state index is 0.503. The lowest BCUT2D eigenvalue weighted by atomic mass is 10.1. The Hall–Kier alpha value is -1.09. The van der Waals surface area contributed by atoms with Crippen molar-refractivity contribution < 1.29 is 0 Å². The quantitative estimate of drug-likeness (QED) is 0.573. The van der Waals surface area contributed by atoms with E-state index in [0.717, 1.165) is 28.3 Å². The van der Waals surface area contributed by atoms with Crippen LogP contribution in [0, 0.1) is 5.41 Å². The lowest BCUT2D eigenvalue weighted by Gasteiger charge is -2.07. The van der Waals surface area contributed by atoms with E-state index in [1.165, 1.54) is 0 Å². The molecule has 1 aromatic rings. The molecule has 0 radical (unpaired) electrons. The van der Waals surface area contributed by atoms with Crippen LogP contribution in [0.4, 0.5) is 5.69 Å². The molecule has 3 heteroatoms. The van der Waals surface area contributed by atoms with Gasteiger partial charge < -0.3 is 5.41 Å². The van der Waals surface area contributed by atoms with Gasteiger partial charge in [-0.25, -0.2) is 0 Å². The predicted octanol–water partition coefficient (Wildman–Crippen LogP) is 3.87. The minimum Gasteiger partial charge on any atom is -0.305 e. The maximum atomic E-state index is 7.70. The molecular formula is C12H16N2S. The maximum Gasteiger partial charge on any atom is 0.0730 e. The fourth-order valence-electron chi connectivity index (χ4n) is 1.29. The van der Waals surface area contributed by atoms with Gasteiger partial charge in [0.2, 0.25) is 0 Å². The highest BCUT2D eigenvalue weighted by Gasteiger charge is 2.07. The maximum absolute atomic E-state index is 7.70. The summed E-state index contributed by atoms with van der Waals surface area (Å²) in [5, 5.41) is 7.70. The van der Waals surface area contributed by atoms with Gasteiger partial charge in [-0.1, -0.05) is 13.0 Å². The molecule has 1 N–H and O–H groups in total. The normalized spacial score (nSPS) is 11.6. The van der Waals surface area contributed by atoms with Crippen molar-refractivity contribution in [2.45, 2.75) is 32.1 Å². The Labute approximate surface area is 96.4 Å². The van der Waals surface area contributed by atoms with E-state index in [-0.39, 0.29) is 0 Å². The van der Waals surface area contributed by atoms with Gasteiger partial charge in [-0.2, -0.15) is 0 Å². The van der Waals surface area contributed by atoms with Gasteiger partial charge >= 0.3 is 0 Å². The van der Waals surface area contributed by atoms with Crippen LogP contribution >= 0.6 is 12.6 Å². The fraction of sp³-hybridized carbons (Fsp3) is 0.333. The third kappa shape index (κ3) is 2.93. The molecule has 0 aliphatic carbocycles. The Morgan fingerprint density at radius 1 is 1.40 bits per heavy atom. The van der Waals surface area contributed by atoms with Gasteiger partial charge in [-0.3, -0.25) is 4.99 Å². The molecule has 0 fully saturated rings. The number of benzene rings is 1. The molecular weight excluding hydrogens is 204 g/mol. The first-order chi connectivity index (χ1) is 7.06. The summed E-state index contributed by atoms with van der Waals surface area (Å²) in [7, 11) is 0. The molecule has 0 heterocycles. The summed E-state index contributed by atoms with van der Waals surface area (Å²) in [5.74, 6) is 0. The van der Waals surface area contributed by atoms with E-state index < -0.39 is 0 Å². The van der Waals surface area contributed by atoms with Gasteiger partial charge in [-0.15, -0.1) is 12.6 Å². The lowest BCUT2D eigenvalue weighted by molar-refractivity contribution is 1.24. The molecule has 0 aliphatic heterocycles. The van der Waals surface area contributed by atoms with E-state index in [0.29, 0.717) is 5.71 Å². The average Bonchev–Trinajstić information content (AvgIpc) is 2.17. The molecule has 0 saturated carbocycles. The van der Waals surface area contributed by atoms with Gasteiger partial charge in [0.05, 0.1) is 5.69 Å². The smallest absolute Gasteiger partial charge is 0.0730 e. The first-order valence-corrected chi connectivity index (χ1v) is 5.42. The Kier molecular flexibility index (Phi) is 4.09. The molecule has 1 aromatic carbocycles. The first-order valence-electron chi connectivity index (χ1n) is 4.98. The summed E-state index contributed by atoms with van der Waals surface area (Å²) >= 11 is 4.35. The molecule has 0 saturated heterocycles. The second-order valence-corrected chi connectivity index (χ2v) is 3.98. The Morgan fingerprint density at radius 3 is 2.60 bits per heavy atom. The van der Waals surface area contributed by atoms with Crippen LogP contribution in [0.1, 0.15) is 32.8 Å². The number of hydrogen-bond donors (Lipinski definition) is 2. The largest absolute Gasteiger partial charge is 0.305 e. The highest BCUT2D eigenvalue weighted by Crippen LogP contribution is 2.26. The molecule has 2 nitrogen and oxygen atoms in total. The molecule has 0 atom stereocenters. The number of rotatable bonds is 3. The zero-order chi connectivity index (χ0) is 11.4. The van der Waals surface area contributed by atoms with E-state index in [9.17, 15) is 0 Å². The molecule has 0 aliphatic rings. The number of aliphatic imine (C=N–C) groups is 1. The van der Waals surface area contributed by atoms with Crippen LogP contribution < -0.4 is 0 Å². The summed E-state index contributed by atoms with van der Waals surface area (Å²) in [5.41, 5.74) is 3.24. The third-order valence-corrected chi connectivity index (χ3v) is 2.59. The zero-order valence-corrected chi connectivity index (χ0v) is 10.2. The minimum atomic E-state index is 0.503. The van der Waals surface area contributed by atoms with Crippen molar-refractivity contribution >= 4 is 29.7 Å². The zero-order valence-electron chi connectivity index (χ0n) is 9.33. The molecule has 0 bridgehead atoms. The van der Waals surface area contributed by atoms with Crippen molar-refractivity contribution in [3.05, 3.63) is 23.8 Å². The second kappa shape index (κ2) is 5.12. The number of thiol groups is 1. The van der Waals surface area contributed by atoms with Crippen molar-refractivity contribution in [3.63, 3.8) is 0 Å². The van der Waals surface area contributed by atoms with Crippen molar-refractivity contribution in [1.29, 1.82) is 5.41 Å². The number of nitrogens with one attached hydrogen (secondary N) is 1. The Bertz CT molecular complexity index is 408. The van der Waals surface area contributed by atoms with Crippen LogP contribution in [-0.4, -0.2) is 11.4 Å². The predicted molar refractivity (Wildman–Crippen MR) is 69.3 cm³/mol. The van der Waals surface area contributed by atoms with E-state index >= 15 is 0 Å². The molecule has 1 rings (SSSR count). The Morgan fingerprint density at radius 2 is 2.07 bits per heavy atom. The molecule has 0 aromatic heterocycles. The average molecular weight is 220 g/mol. The molecule has 0 spiro atoms. The summed E-state index contributed by atoms with van der Waals surface area (Å²) in [4.78, 5) is 5.30.